The monoisotopic (exact) mass is 660 g/mol. The van der Waals surface area contributed by atoms with Crippen LogP contribution in [0.2, 0.25) is 0 Å². The van der Waals surface area contributed by atoms with Gasteiger partial charge < -0.3 is 30.7 Å². The zero-order chi connectivity index (χ0) is 33.8. The van der Waals surface area contributed by atoms with Crippen LogP contribution in [0.15, 0.2) is 55.5 Å². The Hall–Kier alpha value is -4.59. The summed E-state index contributed by atoms with van der Waals surface area (Å²) in [7, 11) is 1.29. The normalized spacial score (nSPS) is 16.6. The van der Waals surface area contributed by atoms with Crippen molar-refractivity contribution in [3.63, 3.8) is 0 Å². The number of aryl methyl sites for hydroxylation is 1. The van der Waals surface area contributed by atoms with E-state index in [0.717, 1.165) is 48.7 Å². The molecule has 2 aliphatic heterocycles. The number of ether oxygens (including phenoxy) is 1. The molecular weight excluding hydrogens is 618 g/mol. The van der Waals surface area contributed by atoms with E-state index in [1.54, 1.807) is 16.8 Å². The van der Waals surface area contributed by atoms with E-state index in [2.05, 4.69) is 42.3 Å². The second-order valence-corrected chi connectivity index (χ2v) is 12.4. The number of nitrogens with one attached hydrogen (secondary N) is 3. The number of halogens is 2. The third-order valence-corrected chi connectivity index (χ3v) is 9.21. The summed E-state index contributed by atoms with van der Waals surface area (Å²) in [6.45, 7) is 12.3. The number of fused-ring (bicyclic) bond motifs is 1. The molecule has 0 bridgehead atoms. The summed E-state index contributed by atoms with van der Waals surface area (Å²) < 4.78 is 35.9. The van der Waals surface area contributed by atoms with Gasteiger partial charge in [0.1, 0.15) is 0 Å². The number of nitrogens with zero attached hydrogens (tertiary/aromatic N) is 5. The summed E-state index contributed by atoms with van der Waals surface area (Å²) in [5.74, 6) is -1.87. The number of likely N-dealkylation sites (tertiary alicyclic amines) is 1. The number of hydrogen-bond donors (Lipinski definition) is 4. The summed E-state index contributed by atoms with van der Waals surface area (Å²) in [6, 6.07) is 8.79. The standard InChI is InChI=1S/C35H42F2N8O3/c1-22-18-25(42-33-34-40-20-29(45(34)17-12-39-33)28-6-7-30(48-3)32(37)31(28)36)4-5-27(22)23(2)44-13-8-24(9-14-44)35(47)41-19-26(46)21-43-15-10-38-11-16-43/h4-7,12,17-18,20,24,26,38,46H,2,8-11,13-16,19,21H2,1,3H3,(H,39,42)(H,41,47). The van der Waals surface area contributed by atoms with E-state index < -0.39 is 17.7 Å². The average molecular weight is 661 g/mol. The minimum Gasteiger partial charge on any atom is -0.494 e. The van der Waals surface area contributed by atoms with Gasteiger partial charge in [-0.2, -0.15) is 4.39 Å². The Kier molecular flexibility index (Phi) is 10.2. The van der Waals surface area contributed by atoms with Crippen LogP contribution in [-0.4, -0.2) is 101 Å². The van der Waals surface area contributed by atoms with Crippen molar-refractivity contribution in [1.29, 1.82) is 0 Å². The molecule has 4 aromatic rings. The second-order valence-electron chi connectivity index (χ2n) is 12.4. The van der Waals surface area contributed by atoms with E-state index >= 15 is 0 Å². The number of hydrogen-bond acceptors (Lipinski definition) is 9. The van der Waals surface area contributed by atoms with Crippen molar-refractivity contribution in [2.24, 2.45) is 5.92 Å². The number of anilines is 2. The number of methoxy groups -OCH3 is 1. The van der Waals surface area contributed by atoms with Gasteiger partial charge in [0.25, 0.3) is 0 Å². The number of carbonyl (C=O) groups excluding carboxylic acids is 1. The molecule has 2 fully saturated rings. The molecule has 13 heteroatoms. The van der Waals surface area contributed by atoms with Gasteiger partial charge in [-0.15, -0.1) is 0 Å². The molecule has 2 aromatic heterocycles. The highest BCUT2D eigenvalue weighted by atomic mass is 19.2. The van der Waals surface area contributed by atoms with Gasteiger partial charge in [0, 0.05) is 93.2 Å². The SMILES string of the molecule is C=C(c1ccc(Nc2nccn3c(-c4ccc(OC)c(F)c4F)cnc23)cc1C)N1CCC(C(=O)NCC(O)CN2CCNCC2)CC1. The van der Waals surface area contributed by atoms with Crippen LogP contribution in [0, 0.1) is 24.5 Å². The lowest BCUT2D eigenvalue weighted by atomic mass is 9.94. The largest absolute Gasteiger partial charge is 0.494 e. The molecule has 0 radical (unpaired) electrons. The number of β-amino-alcohol motifs (C(OH)–C–C–N with tert-alkyl or cyclic N) is 1. The number of aliphatic hydroxyl groups is 1. The third-order valence-electron chi connectivity index (χ3n) is 9.21. The van der Waals surface area contributed by atoms with Gasteiger partial charge in [-0.05, 0) is 49.6 Å². The molecule has 4 N–H and O–H groups in total. The van der Waals surface area contributed by atoms with Gasteiger partial charge in [-0.1, -0.05) is 12.6 Å². The summed E-state index contributed by atoms with van der Waals surface area (Å²) in [6.07, 6.45) is 5.55. The predicted octanol–water partition coefficient (Wildman–Crippen LogP) is 3.80. The lowest BCUT2D eigenvalue weighted by molar-refractivity contribution is -0.126. The molecule has 11 nitrogen and oxygen atoms in total. The van der Waals surface area contributed by atoms with Crippen LogP contribution in [0.4, 0.5) is 20.3 Å². The fourth-order valence-electron chi connectivity index (χ4n) is 6.50. The molecule has 4 heterocycles. The number of aromatic nitrogens is 3. The van der Waals surface area contributed by atoms with Gasteiger partial charge in [0.05, 0.1) is 25.1 Å². The molecule has 1 atom stereocenters. The molecule has 2 saturated heterocycles. The maximum Gasteiger partial charge on any atom is 0.223 e. The average Bonchev–Trinajstić information content (AvgIpc) is 3.53. The van der Waals surface area contributed by atoms with Gasteiger partial charge >= 0.3 is 0 Å². The second kappa shape index (κ2) is 14.7. The van der Waals surface area contributed by atoms with Gasteiger partial charge in [-0.3, -0.25) is 14.1 Å². The van der Waals surface area contributed by atoms with Crippen molar-refractivity contribution < 1.29 is 23.4 Å². The van der Waals surface area contributed by atoms with Crippen molar-refractivity contribution in [1.82, 2.24) is 34.8 Å². The number of imidazole rings is 1. The highest BCUT2D eigenvalue weighted by molar-refractivity contribution is 5.79. The quantitative estimate of drug-likeness (QED) is 0.191. The van der Waals surface area contributed by atoms with Crippen LogP contribution in [0.1, 0.15) is 24.0 Å². The zero-order valence-electron chi connectivity index (χ0n) is 27.3. The van der Waals surface area contributed by atoms with Crippen molar-refractivity contribution in [2.45, 2.75) is 25.9 Å². The first-order valence-electron chi connectivity index (χ1n) is 16.3. The fraction of sp³-hybridized carbons (Fsp3) is 0.400. The zero-order valence-corrected chi connectivity index (χ0v) is 27.3. The molecule has 2 aliphatic rings. The summed E-state index contributed by atoms with van der Waals surface area (Å²) in [5, 5.41) is 20.0. The Balaban J connectivity index is 1.05. The molecule has 254 valence electrons. The number of piperazine rings is 1. The Labute approximate surface area is 278 Å². The van der Waals surface area contributed by atoms with E-state index in [1.165, 1.54) is 25.4 Å². The number of rotatable bonds is 11. The minimum atomic E-state index is -1.06. The first-order valence-corrected chi connectivity index (χ1v) is 16.3. The fourth-order valence-corrected chi connectivity index (χ4v) is 6.50. The highest BCUT2D eigenvalue weighted by Crippen LogP contribution is 2.33. The minimum absolute atomic E-state index is 0.000698. The van der Waals surface area contributed by atoms with Crippen LogP contribution >= 0.6 is 0 Å². The van der Waals surface area contributed by atoms with E-state index in [-0.39, 0.29) is 29.7 Å². The van der Waals surface area contributed by atoms with E-state index in [1.807, 2.05) is 25.1 Å². The summed E-state index contributed by atoms with van der Waals surface area (Å²) in [5.41, 5.74) is 4.58. The van der Waals surface area contributed by atoms with Crippen LogP contribution in [0.5, 0.6) is 5.75 Å². The summed E-state index contributed by atoms with van der Waals surface area (Å²) >= 11 is 0. The molecule has 0 spiro atoms. The van der Waals surface area contributed by atoms with Crippen molar-refractivity contribution in [3.05, 3.63) is 78.3 Å². The van der Waals surface area contributed by atoms with Gasteiger partial charge in [0.15, 0.2) is 23.0 Å². The highest BCUT2D eigenvalue weighted by Gasteiger charge is 2.27. The van der Waals surface area contributed by atoms with Gasteiger partial charge in [0.2, 0.25) is 11.7 Å². The predicted molar refractivity (Wildman–Crippen MR) is 181 cm³/mol. The molecule has 6 rings (SSSR count). The number of carbonyl (C=O) groups is 1. The number of aliphatic hydroxyl groups excluding tert-OH is 1. The Morgan fingerprint density at radius 1 is 1.12 bits per heavy atom. The molecule has 1 unspecified atom stereocenters. The Morgan fingerprint density at radius 2 is 1.90 bits per heavy atom. The van der Waals surface area contributed by atoms with Crippen LogP contribution < -0.4 is 20.7 Å². The molecule has 0 saturated carbocycles. The van der Waals surface area contributed by atoms with E-state index in [9.17, 15) is 18.7 Å². The lowest BCUT2D eigenvalue weighted by Crippen LogP contribution is -2.49. The maximum atomic E-state index is 14.9. The molecule has 48 heavy (non-hydrogen) atoms. The maximum absolute atomic E-state index is 14.9. The van der Waals surface area contributed by atoms with E-state index in [4.69, 9.17) is 4.74 Å². The summed E-state index contributed by atoms with van der Waals surface area (Å²) in [4.78, 5) is 26.2. The van der Waals surface area contributed by atoms with Crippen LogP contribution in [0.3, 0.4) is 0 Å². The van der Waals surface area contributed by atoms with Crippen molar-refractivity contribution in [3.8, 4) is 17.0 Å². The topological polar surface area (TPSA) is 119 Å². The van der Waals surface area contributed by atoms with Gasteiger partial charge in [-0.25, -0.2) is 14.4 Å². The molecular formula is C35H42F2N8O3. The van der Waals surface area contributed by atoms with Crippen molar-refractivity contribution >= 4 is 28.8 Å². The molecule has 1 amide bonds. The Bertz CT molecular complexity index is 1780. The number of piperidine rings is 1. The smallest absolute Gasteiger partial charge is 0.223 e. The third kappa shape index (κ3) is 7.13. The molecule has 0 aliphatic carbocycles. The first kappa shape index (κ1) is 33.3. The Morgan fingerprint density at radius 3 is 2.62 bits per heavy atom. The van der Waals surface area contributed by atoms with Crippen LogP contribution in [0.25, 0.3) is 22.6 Å². The van der Waals surface area contributed by atoms with Crippen LogP contribution in [-0.2, 0) is 4.79 Å². The van der Waals surface area contributed by atoms with Crippen molar-refractivity contribution in [2.75, 3.05) is 64.8 Å². The lowest BCUT2D eigenvalue weighted by Gasteiger charge is -2.35. The first-order chi connectivity index (χ1) is 23.2. The van der Waals surface area contributed by atoms with E-state index in [0.29, 0.717) is 49.6 Å². The number of amides is 1. The molecule has 2 aromatic carbocycles. The number of benzene rings is 2.